The molecule has 0 aliphatic heterocycles. The SMILES string of the molecule is CCNc1cc(-c2cc(C)cc(C=NO)c2)nn(-c2cc(-c3cccnn3)ccc2C(F)(F)F)c1=O. The molecule has 8 nitrogen and oxygen atoms in total. The first-order valence-corrected chi connectivity index (χ1v) is 10.9. The Morgan fingerprint density at radius 2 is 1.89 bits per heavy atom. The number of hydrogen-bond donors (Lipinski definition) is 2. The number of alkyl halides is 3. The van der Waals surface area contributed by atoms with E-state index in [9.17, 15) is 18.0 Å². The van der Waals surface area contributed by atoms with Gasteiger partial charge in [-0.15, -0.1) is 0 Å². The second kappa shape index (κ2) is 9.98. The lowest BCUT2D eigenvalue weighted by Crippen LogP contribution is -2.27. The molecule has 2 N–H and O–H groups in total. The molecule has 0 saturated carbocycles. The van der Waals surface area contributed by atoms with Gasteiger partial charge in [-0.1, -0.05) is 17.3 Å². The molecule has 0 aliphatic rings. The van der Waals surface area contributed by atoms with E-state index in [-0.39, 0.29) is 11.4 Å². The monoisotopic (exact) mass is 494 g/mol. The van der Waals surface area contributed by atoms with Crippen LogP contribution in [0.5, 0.6) is 0 Å². The summed E-state index contributed by atoms with van der Waals surface area (Å²) < 4.78 is 42.9. The van der Waals surface area contributed by atoms with E-state index in [1.165, 1.54) is 30.6 Å². The summed E-state index contributed by atoms with van der Waals surface area (Å²) in [5.74, 6) is 0. The number of halogens is 3. The molecule has 0 fully saturated rings. The first-order valence-electron chi connectivity index (χ1n) is 10.9. The fourth-order valence-electron chi connectivity index (χ4n) is 3.78. The highest BCUT2D eigenvalue weighted by Crippen LogP contribution is 2.36. The van der Waals surface area contributed by atoms with Crippen molar-refractivity contribution in [2.24, 2.45) is 5.16 Å². The van der Waals surface area contributed by atoms with Crippen molar-refractivity contribution in [2.45, 2.75) is 20.0 Å². The standard InChI is InChI=1S/C25H21F3N6O2/c1-3-29-22-13-21(18-10-15(2)9-16(11-18)14-31-36)33-34(24(22)35)23-12-17(20-5-4-8-30-32-20)6-7-19(23)25(26,27)28/h4-14,29,36H,3H2,1-2H3. The Bertz CT molecular complexity index is 1480. The molecule has 2 aromatic heterocycles. The zero-order chi connectivity index (χ0) is 25.9. The molecule has 4 rings (SSSR count). The zero-order valence-corrected chi connectivity index (χ0v) is 19.3. The number of benzene rings is 2. The van der Waals surface area contributed by atoms with Crippen LogP contribution in [0, 0.1) is 6.92 Å². The van der Waals surface area contributed by atoms with Gasteiger partial charge in [0.1, 0.15) is 5.69 Å². The normalized spacial score (nSPS) is 11.7. The van der Waals surface area contributed by atoms with E-state index >= 15 is 0 Å². The molecule has 0 saturated heterocycles. The van der Waals surface area contributed by atoms with Crippen LogP contribution >= 0.6 is 0 Å². The van der Waals surface area contributed by atoms with Gasteiger partial charge in [0.25, 0.3) is 5.56 Å². The average Bonchev–Trinajstić information content (AvgIpc) is 2.85. The van der Waals surface area contributed by atoms with Crippen molar-refractivity contribution < 1.29 is 18.4 Å². The summed E-state index contributed by atoms with van der Waals surface area (Å²) in [5.41, 5.74) is 0.679. The number of oxime groups is 1. The van der Waals surface area contributed by atoms with E-state index in [4.69, 9.17) is 5.21 Å². The summed E-state index contributed by atoms with van der Waals surface area (Å²) in [5, 5.41) is 26.9. The molecule has 4 aromatic rings. The number of nitrogens with zero attached hydrogens (tertiary/aromatic N) is 5. The zero-order valence-electron chi connectivity index (χ0n) is 19.3. The van der Waals surface area contributed by atoms with Crippen LogP contribution in [0.3, 0.4) is 0 Å². The van der Waals surface area contributed by atoms with Crippen molar-refractivity contribution >= 4 is 11.9 Å². The van der Waals surface area contributed by atoms with E-state index in [2.05, 4.69) is 25.8 Å². The molecule has 0 spiro atoms. The lowest BCUT2D eigenvalue weighted by atomic mass is 10.0. The Labute approximate surface area is 203 Å². The molecule has 0 aliphatic carbocycles. The van der Waals surface area contributed by atoms with Crippen LogP contribution in [0.4, 0.5) is 18.9 Å². The van der Waals surface area contributed by atoms with Crippen LogP contribution in [0.15, 0.2) is 70.7 Å². The molecule has 11 heteroatoms. The molecule has 2 heterocycles. The van der Waals surface area contributed by atoms with Gasteiger partial charge >= 0.3 is 6.18 Å². The fourth-order valence-corrected chi connectivity index (χ4v) is 3.78. The molecule has 2 aromatic carbocycles. The second-order valence-corrected chi connectivity index (χ2v) is 7.91. The Kier molecular flexibility index (Phi) is 6.82. The quantitative estimate of drug-likeness (QED) is 0.224. The van der Waals surface area contributed by atoms with Crippen molar-refractivity contribution in [1.29, 1.82) is 0 Å². The minimum Gasteiger partial charge on any atom is -0.411 e. The Morgan fingerprint density at radius 1 is 1.08 bits per heavy atom. The molecule has 0 atom stereocenters. The van der Waals surface area contributed by atoms with Crippen molar-refractivity contribution in [1.82, 2.24) is 20.0 Å². The fraction of sp³-hybridized carbons (Fsp3) is 0.160. The maximum atomic E-state index is 14.0. The first kappa shape index (κ1) is 24.6. The van der Waals surface area contributed by atoms with Gasteiger partial charge in [-0.3, -0.25) is 4.79 Å². The largest absolute Gasteiger partial charge is 0.418 e. The van der Waals surface area contributed by atoms with Crippen LogP contribution in [-0.4, -0.2) is 37.9 Å². The highest BCUT2D eigenvalue weighted by Gasteiger charge is 2.35. The van der Waals surface area contributed by atoms with Gasteiger partial charge in [-0.05, 0) is 67.4 Å². The van der Waals surface area contributed by atoms with Crippen LogP contribution in [0.2, 0.25) is 0 Å². The average molecular weight is 494 g/mol. The van der Waals surface area contributed by atoms with Gasteiger partial charge in [0, 0.05) is 23.9 Å². The lowest BCUT2D eigenvalue weighted by Gasteiger charge is -2.17. The highest BCUT2D eigenvalue weighted by molar-refractivity contribution is 5.82. The lowest BCUT2D eigenvalue weighted by molar-refractivity contribution is -0.137. The molecule has 0 unspecified atom stereocenters. The summed E-state index contributed by atoms with van der Waals surface area (Å²) in [7, 11) is 0. The van der Waals surface area contributed by atoms with Crippen LogP contribution in [0.25, 0.3) is 28.2 Å². The van der Waals surface area contributed by atoms with Gasteiger partial charge in [0.2, 0.25) is 0 Å². The Hall–Kier alpha value is -4.54. The Morgan fingerprint density at radius 3 is 2.56 bits per heavy atom. The molecule has 0 bridgehead atoms. The third kappa shape index (κ3) is 5.09. The van der Waals surface area contributed by atoms with Crippen molar-refractivity contribution in [2.75, 3.05) is 11.9 Å². The summed E-state index contributed by atoms with van der Waals surface area (Å²) in [4.78, 5) is 13.3. The third-order valence-corrected chi connectivity index (χ3v) is 5.28. The minimum atomic E-state index is -4.75. The molecule has 0 radical (unpaired) electrons. The maximum Gasteiger partial charge on any atom is 0.418 e. The van der Waals surface area contributed by atoms with E-state index in [1.54, 1.807) is 37.3 Å². The third-order valence-electron chi connectivity index (χ3n) is 5.28. The summed E-state index contributed by atoms with van der Waals surface area (Å²) >= 11 is 0. The number of aryl methyl sites for hydroxylation is 1. The Balaban J connectivity index is 2.01. The number of rotatable bonds is 6. The van der Waals surface area contributed by atoms with Crippen LogP contribution in [0.1, 0.15) is 23.6 Å². The van der Waals surface area contributed by atoms with E-state index < -0.39 is 23.0 Å². The minimum absolute atomic E-state index is 0.0828. The molecule has 0 amide bonds. The molecular weight excluding hydrogens is 473 g/mol. The van der Waals surface area contributed by atoms with Gasteiger partial charge in [-0.25, -0.2) is 0 Å². The van der Waals surface area contributed by atoms with Crippen molar-refractivity contribution in [3.8, 4) is 28.2 Å². The first-order chi connectivity index (χ1) is 17.2. The molecular formula is C25H21F3N6O2. The number of aromatic nitrogens is 4. The molecule has 184 valence electrons. The summed E-state index contributed by atoms with van der Waals surface area (Å²) in [6.07, 6.45) is -2.08. The van der Waals surface area contributed by atoms with Crippen LogP contribution < -0.4 is 10.9 Å². The smallest absolute Gasteiger partial charge is 0.411 e. The van der Waals surface area contributed by atoms with Gasteiger partial charge < -0.3 is 10.5 Å². The maximum absolute atomic E-state index is 14.0. The number of nitrogens with one attached hydrogen (secondary N) is 1. The van der Waals surface area contributed by atoms with E-state index in [1.807, 2.05) is 6.92 Å². The summed E-state index contributed by atoms with van der Waals surface area (Å²) in [6, 6.07) is 13.3. The number of anilines is 1. The van der Waals surface area contributed by atoms with E-state index in [0.29, 0.717) is 28.9 Å². The van der Waals surface area contributed by atoms with Gasteiger partial charge in [-0.2, -0.15) is 33.1 Å². The topological polar surface area (TPSA) is 105 Å². The van der Waals surface area contributed by atoms with Crippen molar-refractivity contribution in [3.05, 3.63) is 87.8 Å². The molecule has 36 heavy (non-hydrogen) atoms. The van der Waals surface area contributed by atoms with E-state index in [0.717, 1.165) is 16.3 Å². The van der Waals surface area contributed by atoms with Crippen LogP contribution in [-0.2, 0) is 6.18 Å². The van der Waals surface area contributed by atoms with Gasteiger partial charge in [0.05, 0.1) is 28.9 Å². The predicted octanol–water partition coefficient (Wildman–Crippen LogP) is 4.92. The second-order valence-electron chi connectivity index (χ2n) is 7.91. The number of hydrogen-bond acceptors (Lipinski definition) is 7. The summed E-state index contributed by atoms with van der Waals surface area (Å²) in [6.45, 7) is 3.94. The predicted molar refractivity (Wildman–Crippen MR) is 130 cm³/mol. The highest BCUT2D eigenvalue weighted by atomic mass is 19.4. The van der Waals surface area contributed by atoms with Crippen molar-refractivity contribution in [3.63, 3.8) is 0 Å². The van der Waals surface area contributed by atoms with Gasteiger partial charge in [0.15, 0.2) is 0 Å².